The zero-order valence-corrected chi connectivity index (χ0v) is 14.7. The molecular weight excluding hydrogens is 320 g/mol. The highest BCUT2D eigenvalue weighted by molar-refractivity contribution is 5.74. The minimum atomic E-state index is -0.0422. The molecule has 2 amide bonds. The third-order valence-corrected chi connectivity index (χ3v) is 4.29. The van der Waals surface area contributed by atoms with E-state index in [1.807, 2.05) is 35.2 Å². The van der Waals surface area contributed by atoms with Gasteiger partial charge in [-0.1, -0.05) is 6.07 Å². The molecule has 1 aromatic carbocycles. The number of urea groups is 1. The third-order valence-electron chi connectivity index (χ3n) is 4.29. The largest absolute Gasteiger partial charge is 0.493 e. The molecule has 134 valence electrons. The van der Waals surface area contributed by atoms with Crippen LogP contribution in [-0.4, -0.2) is 37.7 Å². The topological polar surface area (TPSA) is 63.9 Å². The van der Waals surface area contributed by atoms with Crippen molar-refractivity contribution in [3.05, 3.63) is 47.9 Å². The molecule has 1 N–H and O–H groups in total. The predicted molar refractivity (Wildman–Crippen MR) is 93.9 cm³/mol. The zero-order valence-electron chi connectivity index (χ0n) is 14.7. The summed E-state index contributed by atoms with van der Waals surface area (Å²) in [6.07, 6.45) is 4.48. The maximum Gasteiger partial charge on any atom is 0.318 e. The van der Waals surface area contributed by atoms with Crippen molar-refractivity contribution in [2.75, 3.05) is 20.8 Å². The van der Waals surface area contributed by atoms with Crippen LogP contribution in [0.1, 0.15) is 24.2 Å². The number of nitrogens with zero attached hydrogens (tertiary/aromatic N) is 1. The summed E-state index contributed by atoms with van der Waals surface area (Å²) >= 11 is 0. The highest BCUT2D eigenvalue weighted by Gasteiger charge is 2.32. The first-order valence-electron chi connectivity index (χ1n) is 8.49. The van der Waals surface area contributed by atoms with Crippen LogP contribution in [0.4, 0.5) is 4.79 Å². The normalized spacial score (nSPS) is 13.4. The molecule has 1 fully saturated rings. The van der Waals surface area contributed by atoms with Gasteiger partial charge in [0.25, 0.3) is 0 Å². The molecule has 1 heterocycles. The first-order valence-corrected chi connectivity index (χ1v) is 8.49. The summed E-state index contributed by atoms with van der Waals surface area (Å²) in [5.41, 5.74) is 1.09. The van der Waals surface area contributed by atoms with E-state index in [-0.39, 0.29) is 6.03 Å². The second-order valence-electron chi connectivity index (χ2n) is 6.11. The molecule has 1 aromatic heterocycles. The van der Waals surface area contributed by atoms with Crippen LogP contribution < -0.4 is 14.8 Å². The number of carbonyl (C=O) groups excluding carboxylic acids is 1. The van der Waals surface area contributed by atoms with Crippen molar-refractivity contribution in [1.82, 2.24) is 10.2 Å². The van der Waals surface area contributed by atoms with Crippen LogP contribution in [0.15, 0.2) is 41.0 Å². The summed E-state index contributed by atoms with van der Waals surface area (Å²) in [5, 5.41) is 3.00. The maximum absolute atomic E-state index is 12.5. The monoisotopic (exact) mass is 344 g/mol. The van der Waals surface area contributed by atoms with Gasteiger partial charge >= 0.3 is 6.03 Å². The van der Waals surface area contributed by atoms with Crippen LogP contribution >= 0.6 is 0 Å². The number of amides is 2. The van der Waals surface area contributed by atoms with E-state index >= 15 is 0 Å². The van der Waals surface area contributed by atoms with Gasteiger partial charge < -0.3 is 24.1 Å². The highest BCUT2D eigenvalue weighted by Crippen LogP contribution is 2.29. The molecule has 1 aliphatic rings. The summed E-state index contributed by atoms with van der Waals surface area (Å²) in [5.74, 6) is 2.21. The Hall–Kier alpha value is -2.63. The van der Waals surface area contributed by atoms with Crippen molar-refractivity contribution in [3.63, 3.8) is 0 Å². The lowest BCUT2D eigenvalue weighted by atomic mass is 10.1. The van der Waals surface area contributed by atoms with Gasteiger partial charge in [-0.3, -0.25) is 0 Å². The molecule has 0 unspecified atom stereocenters. The van der Waals surface area contributed by atoms with Crippen molar-refractivity contribution in [2.24, 2.45) is 0 Å². The van der Waals surface area contributed by atoms with Gasteiger partial charge in [0.15, 0.2) is 11.5 Å². The molecule has 0 spiro atoms. The molecule has 0 saturated heterocycles. The first-order chi connectivity index (χ1) is 12.2. The van der Waals surface area contributed by atoms with Crippen LogP contribution in [0.25, 0.3) is 0 Å². The van der Waals surface area contributed by atoms with E-state index in [1.165, 1.54) is 0 Å². The lowest BCUT2D eigenvalue weighted by molar-refractivity contribution is 0.187. The van der Waals surface area contributed by atoms with Crippen molar-refractivity contribution in [2.45, 2.75) is 31.8 Å². The SMILES string of the molecule is COc1ccc(CCNC(=O)N(Cc2ccco2)C2CC2)cc1OC. The molecule has 1 aliphatic carbocycles. The predicted octanol–water partition coefficient (Wildman–Crippen LogP) is 3.21. The van der Waals surface area contributed by atoms with Crippen molar-refractivity contribution >= 4 is 6.03 Å². The molecular formula is C19H24N2O4. The number of ether oxygens (including phenoxy) is 2. The lowest BCUT2D eigenvalue weighted by Gasteiger charge is -2.21. The van der Waals surface area contributed by atoms with Crippen LogP contribution in [0.3, 0.4) is 0 Å². The Bertz CT molecular complexity index is 695. The number of rotatable bonds is 8. The number of carbonyl (C=O) groups is 1. The number of hydrogen-bond acceptors (Lipinski definition) is 4. The standard InChI is InChI=1S/C19H24N2O4/c1-23-17-8-5-14(12-18(17)24-2)9-10-20-19(22)21(15-6-7-15)13-16-4-3-11-25-16/h3-5,8,11-12,15H,6-7,9-10,13H2,1-2H3,(H,20,22). The molecule has 25 heavy (non-hydrogen) atoms. The first kappa shape index (κ1) is 17.2. The number of hydrogen-bond donors (Lipinski definition) is 1. The summed E-state index contributed by atoms with van der Waals surface area (Å²) in [6, 6.07) is 9.82. The Kier molecular flexibility index (Phi) is 5.48. The molecule has 3 rings (SSSR count). The van der Waals surface area contributed by atoms with E-state index in [4.69, 9.17) is 13.9 Å². The Morgan fingerprint density at radius 1 is 1.24 bits per heavy atom. The molecule has 1 saturated carbocycles. The van der Waals surface area contributed by atoms with Gasteiger partial charge in [-0.15, -0.1) is 0 Å². The average molecular weight is 344 g/mol. The van der Waals surface area contributed by atoms with Gasteiger partial charge in [-0.05, 0) is 49.1 Å². The molecule has 0 atom stereocenters. The fourth-order valence-electron chi connectivity index (χ4n) is 2.77. The van der Waals surface area contributed by atoms with Crippen molar-refractivity contribution < 1.29 is 18.7 Å². The fourth-order valence-corrected chi connectivity index (χ4v) is 2.77. The van der Waals surface area contributed by atoms with Crippen molar-refractivity contribution in [3.8, 4) is 11.5 Å². The molecule has 6 nitrogen and oxygen atoms in total. The Balaban J connectivity index is 1.52. The quantitative estimate of drug-likeness (QED) is 0.799. The van der Waals surface area contributed by atoms with Gasteiger partial charge in [-0.25, -0.2) is 4.79 Å². The Morgan fingerprint density at radius 3 is 2.68 bits per heavy atom. The minimum Gasteiger partial charge on any atom is -0.493 e. The van der Waals surface area contributed by atoms with Gasteiger partial charge in [0.2, 0.25) is 0 Å². The molecule has 0 radical (unpaired) electrons. The van der Waals surface area contributed by atoms with Crippen LogP contribution in [0.2, 0.25) is 0 Å². The second kappa shape index (κ2) is 7.96. The van der Waals surface area contributed by atoms with E-state index in [0.717, 1.165) is 30.6 Å². The van der Waals surface area contributed by atoms with Crippen LogP contribution in [0, 0.1) is 0 Å². The highest BCUT2D eigenvalue weighted by atomic mass is 16.5. The number of benzene rings is 1. The Labute approximate surface area is 147 Å². The fraction of sp³-hybridized carbons (Fsp3) is 0.421. The molecule has 0 bridgehead atoms. The smallest absolute Gasteiger partial charge is 0.318 e. The molecule has 2 aromatic rings. The zero-order chi connectivity index (χ0) is 17.6. The Morgan fingerprint density at radius 2 is 2.04 bits per heavy atom. The second-order valence-corrected chi connectivity index (χ2v) is 6.11. The summed E-state index contributed by atoms with van der Waals surface area (Å²) in [4.78, 5) is 14.3. The molecule has 0 aliphatic heterocycles. The van der Waals surface area contributed by atoms with E-state index in [1.54, 1.807) is 20.5 Å². The van der Waals surface area contributed by atoms with Gasteiger partial charge in [0, 0.05) is 12.6 Å². The van der Waals surface area contributed by atoms with E-state index in [2.05, 4.69) is 5.32 Å². The van der Waals surface area contributed by atoms with Crippen molar-refractivity contribution in [1.29, 1.82) is 0 Å². The maximum atomic E-state index is 12.5. The van der Waals surface area contributed by atoms with E-state index in [9.17, 15) is 4.79 Å². The van der Waals surface area contributed by atoms with Crippen LogP contribution in [-0.2, 0) is 13.0 Å². The minimum absolute atomic E-state index is 0.0422. The van der Waals surface area contributed by atoms with E-state index < -0.39 is 0 Å². The average Bonchev–Trinajstić information content (AvgIpc) is 3.34. The van der Waals surface area contributed by atoms with Gasteiger partial charge in [0.1, 0.15) is 5.76 Å². The van der Waals surface area contributed by atoms with E-state index in [0.29, 0.717) is 30.6 Å². The number of nitrogens with one attached hydrogen (secondary N) is 1. The van der Waals surface area contributed by atoms with Gasteiger partial charge in [0.05, 0.1) is 27.0 Å². The summed E-state index contributed by atoms with van der Waals surface area (Å²) in [7, 11) is 3.23. The number of methoxy groups -OCH3 is 2. The summed E-state index contributed by atoms with van der Waals surface area (Å²) in [6.45, 7) is 1.08. The number of furan rings is 1. The lowest BCUT2D eigenvalue weighted by Crippen LogP contribution is -2.41. The van der Waals surface area contributed by atoms with Gasteiger partial charge in [-0.2, -0.15) is 0 Å². The third kappa shape index (κ3) is 4.47. The molecule has 6 heteroatoms. The van der Waals surface area contributed by atoms with Crippen LogP contribution in [0.5, 0.6) is 11.5 Å². The summed E-state index contributed by atoms with van der Waals surface area (Å²) < 4.78 is 15.9.